The molecule has 2 fully saturated rings. The summed E-state index contributed by atoms with van der Waals surface area (Å²) in [6.07, 6.45) is 4.37. The maximum absolute atomic E-state index is 10.7. The van der Waals surface area contributed by atoms with Crippen LogP contribution >= 0.6 is 11.6 Å². The van der Waals surface area contributed by atoms with Crippen molar-refractivity contribution in [2.45, 2.75) is 37.3 Å². The molecule has 92 valence electrons. The molecule has 0 amide bonds. The van der Waals surface area contributed by atoms with Crippen LogP contribution in [0.4, 0.5) is 0 Å². The summed E-state index contributed by atoms with van der Waals surface area (Å²) in [6.45, 7) is 2.04. The Morgan fingerprint density at radius 1 is 1.12 bits per heavy atom. The third-order valence-corrected chi connectivity index (χ3v) is 4.32. The van der Waals surface area contributed by atoms with Crippen molar-refractivity contribution in [2.75, 3.05) is 13.1 Å². The van der Waals surface area contributed by atoms with Crippen molar-refractivity contribution in [2.24, 2.45) is 0 Å². The van der Waals surface area contributed by atoms with Gasteiger partial charge in [0.25, 0.3) is 0 Å². The van der Waals surface area contributed by atoms with E-state index in [1.807, 2.05) is 24.3 Å². The van der Waals surface area contributed by atoms with Gasteiger partial charge in [0.2, 0.25) is 0 Å². The van der Waals surface area contributed by atoms with Gasteiger partial charge in [0.05, 0.1) is 5.60 Å². The van der Waals surface area contributed by atoms with Crippen LogP contribution in [0.1, 0.15) is 31.2 Å². The topological polar surface area (TPSA) is 23.5 Å². The number of rotatable bonds is 2. The summed E-state index contributed by atoms with van der Waals surface area (Å²) in [4.78, 5) is 2.52. The van der Waals surface area contributed by atoms with E-state index in [0.29, 0.717) is 0 Å². The summed E-state index contributed by atoms with van der Waals surface area (Å²) < 4.78 is 0. The molecule has 1 aliphatic carbocycles. The SMILES string of the molecule is OC1(c2ccc(Cl)cc2)CCN(C2CC2)CC1. The second kappa shape index (κ2) is 4.27. The van der Waals surface area contributed by atoms with Crippen molar-refractivity contribution in [3.05, 3.63) is 34.9 Å². The van der Waals surface area contributed by atoms with Crippen molar-refractivity contribution in [3.63, 3.8) is 0 Å². The molecule has 1 N–H and O–H groups in total. The van der Waals surface area contributed by atoms with E-state index in [9.17, 15) is 5.11 Å². The Balaban J connectivity index is 1.71. The minimum Gasteiger partial charge on any atom is -0.385 e. The lowest BCUT2D eigenvalue weighted by molar-refractivity contribution is -0.0277. The van der Waals surface area contributed by atoms with E-state index < -0.39 is 5.60 Å². The van der Waals surface area contributed by atoms with Crippen LogP contribution in [0.3, 0.4) is 0 Å². The normalized spacial score (nSPS) is 24.8. The molecule has 1 heterocycles. The molecule has 2 aliphatic rings. The molecule has 0 spiro atoms. The monoisotopic (exact) mass is 251 g/mol. The number of nitrogens with zero attached hydrogens (tertiary/aromatic N) is 1. The summed E-state index contributed by atoms with van der Waals surface area (Å²) in [5, 5.41) is 11.4. The maximum Gasteiger partial charge on any atom is 0.0920 e. The molecule has 1 saturated heterocycles. The highest BCUT2D eigenvalue weighted by molar-refractivity contribution is 6.30. The van der Waals surface area contributed by atoms with Crippen molar-refractivity contribution in [1.82, 2.24) is 4.90 Å². The third-order valence-electron chi connectivity index (χ3n) is 4.07. The Morgan fingerprint density at radius 3 is 2.24 bits per heavy atom. The number of halogens is 1. The Bertz CT molecular complexity index is 391. The molecule has 17 heavy (non-hydrogen) atoms. The van der Waals surface area contributed by atoms with E-state index in [4.69, 9.17) is 11.6 Å². The molecule has 0 unspecified atom stereocenters. The molecular formula is C14H18ClNO. The van der Waals surface area contributed by atoms with Gasteiger partial charge in [0, 0.05) is 24.2 Å². The molecule has 0 atom stereocenters. The van der Waals surface area contributed by atoms with Crippen molar-refractivity contribution in [3.8, 4) is 0 Å². The van der Waals surface area contributed by atoms with E-state index in [0.717, 1.165) is 42.6 Å². The van der Waals surface area contributed by atoms with Crippen LogP contribution in [0.15, 0.2) is 24.3 Å². The lowest BCUT2D eigenvalue weighted by atomic mass is 9.84. The van der Waals surface area contributed by atoms with Gasteiger partial charge >= 0.3 is 0 Å². The molecule has 1 aromatic rings. The van der Waals surface area contributed by atoms with Crippen molar-refractivity contribution < 1.29 is 5.11 Å². The van der Waals surface area contributed by atoms with Gasteiger partial charge in [-0.1, -0.05) is 23.7 Å². The first kappa shape index (κ1) is 11.5. The minimum atomic E-state index is -0.643. The van der Waals surface area contributed by atoms with Gasteiger partial charge in [0.15, 0.2) is 0 Å². The van der Waals surface area contributed by atoms with E-state index in [-0.39, 0.29) is 0 Å². The predicted molar refractivity (Wildman–Crippen MR) is 69.2 cm³/mol. The average molecular weight is 252 g/mol. The molecular weight excluding hydrogens is 234 g/mol. The van der Waals surface area contributed by atoms with Crippen LogP contribution in [0.25, 0.3) is 0 Å². The summed E-state index contributed by atoms with van der Waals surface area (Å²) in [5.74, 6) is 0. The zero-order valence-corrected chi connectivity index (χ0v) is 10.7. The fourth-order valence-corrected chi connectivity index (χ4v) is 2.87. The van der Waals surface area contributed by atoms with Gasteiger partial charge in [0.1, 0.15) is 0 Å². The lowest BCUT2D eigenvalue weighted by Gasteiger charge is -2.38. The highest BCUT2D eigenvalue weighted by atomic mass is 35.5. The van der Waals surface area contributed by atoms with Crippen LogP contribution < -0.4 is 0 Å². The molecule has 1 aromatic carbocycles. The Labute approximate surface area is 107 Å². The molecule has 0 aromatic heterocycles. The Kier molecular flexibility index (Phi) is 2.89. The summed E-state index contributed by atoms with van der Waals surface area (Å²) >= 11 is 5.88. The summed E-state index contributed by atoms with van der Waals surface area (Å²) in [7, 11) is 0. The van der Waals surface area contributed by atoms with Crippen molar-refractivity contribution >= 4 is 11.6 Å². The molecule has 2 nitrogen and oxygen atoms in total. The minimum absolute atomic E-state index is 0.643. The van der Waals surface area contributed by atoms with Gasteiger partial charge in [-0.2, -0.15) is 0 Å². The van der Waals surface area contributed by atoms with E-state index in [1.165, 1.54) is 12.8 Å². The highest BCUT2D eigenvalue weighted by Gasteiger charge is 2.38. The van der Waals surface area contributed by atoms with Gasteiger partial charge < -0.3 is 10.0 Å². The zero-order chi connectivity index (χ0) is 11.9. The molecule has 1 saturated carbocycles. The predicted octanol–water partition coefficient (Wildman–Crippen LogP) is 2.79. The molecule has 1 aliphatic heterocycles. The van der Waals surface area contributed by atoms with Gasteiger partial charge in [-0.25, -0.2) is 0 Å². The van der Waals surface area contributed by atoms with Gasteiger partial charge in [-0.3, -0.25) is 0 Å². The first-order valence-electron chi connectivity index (χ1n) is 6.40. The fourth-order valence-electron chi connectivity index (χ4n) is 2.75. The number of hydrogen-bond acceptors (Lipinski definition) is 2. The average Bonchev–Trinajstić information content (AvgIpc) is 3.15. The summed E-state index contributed by atoms with van der Waals surface area (Å²) in [5.41, 5.74) is 0.369. The number of aliphatic hydroxyl groups is 1. The van der Waals surface area contributed by atoms with E-state index in [2.05, 4.69) is 4.90 Å². The standard InChI is InChI=1S/C14H18ClNO/c15-12-3-1-11(2-4-12)14(17)7-9-16(10-8-14)13-5-6-13/h1-4,13,17H,5-10H2. The first-order chi connectivity index (χ1) is 8.17. The molecule has 0 radical (unpaired) electrons. The number of hydrogen-bond donors (Lipinski definition) is 1. The Hall–Kier alpha value is -0.570. The first-order valence-corrected chi connectivity index (χ1v) is 6.78. The quantitative estimate of drug-likeness (QED) is 0.874. The Morgan fingerprint density at radius 2 is 1.71 bits per heavy atom. The van der Waals surface area contributed by atoms with Gasteiger partial charge in [-0.05, 0) is 43.4 Å². The molecule has 3 heteroatoms. The second-order valence-corrected chi connectivity index (χ2v) is 5.74. The van der Waals surface area contributed by atoms with Gasteiger partial charge in [-0.15, -0.1) is 0 Å². The number of benzene rings is 1. The smallest absolute Gasteiger partial charge is 0.0920 e. The van der Waals surface area contributed by atoms with Crippen LogP contribution in [0.2, 0.25) is 5.02 Å². The summed E-state index contributed by atoms with van der Waals surface area (Å²) in [6, 6.07) is 8.44. The largest absolute Gasteiger partial charge is 0.385 e. The highest BCUT2D eigenvalue weighted by Crippen LogP contribution is 2.37. The number of likely N-dealkylation sites (tertiary alicyclic amines) is 1. The van der Waals surface area contributed by atoms with Crippen molar-refractivity contribution in [1.29, 1.82) is 0 Å². The third kappa shape index (κ3) is 2.35. The van der Waals surface area contributed by atoms with E-state index >= 15 is 0 Å². The fraction of sp³-hybridized carbons (Fsp3) is 0.571. The maximum atomic E-state index is 10.7. The molecule has 0 bridgehead atoms. The zero-order valence-electron chi connectivity index (χ0n) is 9.90. The lowest BCUT2D eigenvalue weighted by Crippen LogP contribution is -2.43. The van der Waals surface area contributed by atoms with Crippen LogP contribution in [-0.2, 0) is 5.60 Å². The van der Waals surface area contributed by atoms with Crippen LogP contribution in [0, 0.1) is 0 Å². The van der Waals surface area contributed by atoms with E-state index in [1.54, 1.807) is 0 Å². The van der Waals surface area contributed by atoms with Crippen LogP contribution in [0.5, 0.6) is 0 Å². The van der Waals surface area contributed by atoms with Crippen LogP contribution in [-0.4, -0.2) is 29.1 Å². The number of piperidine rings is 1. The molecule has 3 rings (SSSR count). The second-order valence-electron chi connectivity index (χ2n) is 5.31.